The third-order valence-corrected chi connectivity index (χ3v) is 8.71. The Morgan fingerprint density at radius 3 is 2.56 bits per heavy atom. The van der Waals surface area contributed by atoms with Gasteiger partial charge in [0.2, 0.25) is 11.8 Å². The Labute approximate surface area is 237 Å². The summed E-state index contributed by atoms with van der Waals surface area (Å²) in [5.74, 6) is 1.13. The molecule has 0 saturated carbocycles. The van der Waals surface area contributed by atoms with Crippen LogP contribution in [0.2, 0.25) is 0 Å². The van der Waals surface area contributed by atoms with Crippen molar-refractivity contribution in [2.45, 2.75) is 103 Å². The number of hydrogen-bond acceptors (Lipinski definition) is 7. The lowest BCUT2D eigenvalue weighted by atomic mass is 9.91. The van der Waals surface area contributed by atoms with Crippen molar-refractivity contribution in [3.8, 4) is 12.3 Å². The zero-order valence-corrected chi connectivity index (χ0v) is 24.9. The van der Waals surface area contributed by atoms with Gasteiger partial charge >= 0.3 is 5.97 Å². The van der Waals surface area contributed by atoms with E-state index in [-0.39, 0.29) is 47.8 Å². The first kappa shape index (κ1) is 32.7. The van der Waals surface area contributed by atoms with Gasteiger partial charge in [0.05, 0.1) is 6.04 Å². The smallest absolute Gasteiger partial charge is 0.355 e. The number of aromatic carboxylic acids is 1. The van der Waals surface area contributed by atoms with Gasteiger partial charge in [-0.1, -0.05) is 40.5 Å². The Morgan fingerprint density at radius 1 is 1.28 bits per heavy atom. The zero-order valence-electron chi connectivity index (χ0n) is 24.1. The van der Waals surface area contributed by atoms with E-state index in [0.717, 1.165) is 43.6 Å². The minimum atomic E-state index is -1.15. The molecule has 9 nitrogen and oxygen atoms in total. The molecule has 1 saturated heterocycles. The molecule has 5 atom stereocenters. The van der Waals surface area contributed by atoms with E-state index < -0.39 is 18.1 Å². The number of carboxylic acid groups (broad SMARTS) is 1. The van der Waals surface area contributed by atoms with Crippen LogP contribution in [-0.4, -0.2) is 81.0 Å². The van der Waals surface area contributed by atoms with Crippen molar-refractivity contribution in [1.82, 2.24) is 20.1 Å². The van der Waals surface area contributed by atoms with E-state index in [2.05, 4.69) is 21.1 Å². The van der Waals surface area contributed by atoms with Gasteiger partial charge in [0.25, 0.3) is 0 Å². The molecule has 0 aromatic carbocycles. The van der Waals surface area contributed by atoms with E-state index >= 15 is 0 Å². The van der Waals surface area contributed by atoms with Gasteiger partial charge in [-0.15, -0.1) is 23.7 Å². The van der Waals surface area contributed by atoms with Crippen molar-refractivity contribution in [3.63, 3.8) is 0 Å². The molecule has 2 rings (SSSR count). The third-order valence-electron chi connectivity index (χ3n) is 7.76. The van der Waals surface area contributed by atoms with Crippen LogP contribution >= 0.6 is 11.3 Å². The highest BCUT2D eigenvalue weighted by Gasteiger charge is 2.37. The number of carbonyl (C=O) groups is 3. The molecule has 0 aliphatic carbocycles. The second-order valence-corrected chi connectivity index (χ2v) is 11.9. The van der Waals surface area contributed by atoms with Crippen LogP contribution in [0.1, 0.15) is 101 Å². The number of amides is 2. The molecule has 1 aliphatic rings. The van der Waals surface area contributed by atoms with Crippen molar-refractivity contribution < 1.29 is 24.6 Å². The van der Waals surface area contributed by atoms with Gasteiger partial charge in [-0.2, -0.15) is 0 Å². The lowest BCUT2D eigenvalue weighted by Gasteiger charge is -2.40. The number of carboxylic acids is 1. The molecule has 1 aromatic rings. The molecule has 0 spiro atoms. The van der Waals surface area contributed by atoms with Crippen LogP contribution in [0.3, 0.4) is 0 Å². The Hall–Kier alpha value is -2.48. The van der Waals surface area contributed by atoms with Crippen molar-refractivity contribution in [1.29, 1.82) is 0 Å². The lowest BCUT2D eigenvalue weighted by Crippen LogP contribution is -2.58. The topological polar surface area (TPSA) is 123 Å². The third kappa shape index (κ3) is 9.30. The van der Waals surface area contributed by atoms with Gasteiger partial charge in [-0.3, -0.25) is 14.5 Å². The average molecular weight is 563 g/mol. The standard InChI is InChI=1S/C29H46N4O5S/c1-7-9-10-12-16-33(23(19(3)4)17-24(34)27-30-21(18-39-27)29(37)38)28(36)25(20(5)8-2)31-26(35)22-14-11-13-15-32(22)6/h1,18-20,22-25,34H,8-17H2,2-6H3,(H,31,35)(H,37,38)/t20-,22+,23+,24+,25-/m0/s1. The highest BCUT2D eigenvalue weighted by atomic mass is 32.1. The van der Waals surface area contributed by atoms with Crippen LogP contribution in [0.15, 0.2) is 5.38 Å². The molecule has 1 fully saturated rings. The van der Waals surface area contributed by atoms with Crippen molar-refractivity contribution in [2.75, 3.05) is 20.1 Å². The van der Waals surface area contributed by atoms with Gasteiger partial charge in [-0.05, 0) is 51.1 Å². The molecular formula is C29H46N4O5S. The van der Waals surface area contributed by atoms with Crippen LogP contribution < -0.4 is 5.32 Å². The molecule has 3 N–H and O–H groups in total. The number of thiazole rings is 1. The number of aliphatic hydroxyl groups excluding tert-OH is 1. The summed E-state index contributed by atoms with van der Waals surface area (Å²) in [6.07, 6.45) is 10.2. The SMILES string of the molecule is C#CCCCCN(C(=O)[C@@H](NC(=O)[C@H]1CCCCN1C)[C@@H](C)CC)[C@H](C[C@@H](O)c1nc(C(=O)O)cs1)C(C)C. The van der Waals surface area contributed by atoms with Gasteiger partial charge < -0.3 is 20.4 Å². The van der Waals surface area contributed by atoms with Gasteiger partial charge in [0.15, 0.2) is 5.69 Å². The maximum absolute atomic E-state index is 14.2. The number of likely N-dealkylation sites (N-methyl/N-ethyl adjacent to an activating group) is 1. The molecule has 2 heterocycles. The quantitative estimate of drug-likeness (QED) is 0.219. The Bertz CT molecular complexity index is 991. The van der Waals surface area contributed by atoms with Gasteiger partial charge in [-0.25, -0.2) is 9.78 Å². The molecule has 1 aliphatic heterocycles. The van der Waals surface area contributed by atoms with Crippen LogP contribution in [0, 0.1) is 24.2 Å². The van der Waals surface area contributed by atoms with Gasteiger partial charge in [0.1, 0.15) is 17.2 Å². The van der Waals surface area contributed by atoms with E-state index in [4.69, 9.17) is 6.42 Å². The lowest BCUT2D eigenvalue weighted by molar-refractivity contribution is -0.142. The molecule has 0 unspecified atom stereocenters. The minimum absolute atomic E-state index is 0.00657. The Balaban J connectivity index is 2.33. The van der Waals surface area contributed by atoms with Crippen molar-refractivity contribution >= 4 is 29.1 Å². The number of piperidine rings is 1. The molecule has 1 aromatic heterocycles. The molecule has 10 heteroatoms. The highest BCUT2D eigenvalue weighted by Crippen LogP contribution is 2.29. The summed E-state index contributed by atoms with van der Waals surface area (Å²) >= 11 is 1.09. The maximum Gasteiger partial charge on any atom is 0.355 e. The normalized spacial score (nSPS) is 19.1. The maximum atomic E-state index is 14.2. The molecule has 0 radical (unpaired) electrons. The van der Waals surface area contributed by atoms with E-state index in [0.29, 0.717) is 30.8 Å². The number of rotatable bonds is 15. The monoisotopic (exact) mass is 562 g/mol. The predicted octanol–water partition coefficient (Wildman–Crippen LogP) is 3.94. The van der Waals surface area contributed by atoms with Crippen LogP contribution in [0.5, 0.6) is 0 Å². The number of nitrogens with zero attached hydrogens (tertiary/aromatic N) is 3. The molecular weight excluding hydrogens is 516 g/mol. The molecule has 2 amide bonds. The molecule has 39 heavy (non-hydrogen) atoms. The summed E-state index contributed by atoms with van der Waals surface area (Å²) < 4.78 is 0. The second kappa shape index (κ2) is 15.9. The fourth-order valence-corrected chi connectivity index (χ4v) is 5.88. The Morgan fingerprint density at radius 2 is 2.00 bits per heavy atom. The summed E-state index contributed by atoms with van der Waals surface area (Å²) in [7, 11) is 1.95. The number of aromatic nitrogens is 1. The first-order valence-electron chi connectivity index (χ1n) is 14.1. The van der Waals surface area contributed by atoms with E-state index in [1.165, 1.54) is 5.38 Å². The van der Waals surface area contributed by atoms with Gasteiger partial charge in [0, 0.05) is 30.8 Å². The summed E-state index contributed by atoms with van der Waals surface area (Å²) in [4.78, 5) is 46.8. The van der Waals surface area contributed by atoms with E-state index in [1.807, 2.05) is 34.7 Å². The number of carbonyl (C=O) groups excluding carboxylic acids is 2. The first-order chi connectivity index (χ1) is 18.5. The van der Waals surface area contributed by atoms with Crippen molar-refractivity contribution in [3.05, 3.63) is 16.1 Å². The molecule has 0 bridgehead atoms. The Kier molecular flexibility index (Phi) is 13.4. The van der Waals surface area contributed by atoms with Crippen LogP contribution in [0.25, 0.3) is 0 Å². The number of unbranched alkanes of at least 4 members (excludes halogenated alkanes) is 2. The summed E-state index contributed by atoms with van der Waals surface area (Å²) in [6, 6.07) is -1.29. The number of aliphatic hydroxyl groups is 1. The summed E-state index contributed by atoms with van der Waals surface area (Å²) in [5, 5.41) is 25.1. The van der Waals surface area contributed by atoms with E-state index in [9.17, 15) is 24.6 Å². The average Bonchev–Trinajstić information content (AvgIpc) is 3.41. The highest BCUT2D eigenvalue weighted by molar-refractivity contribution is 7.09. The fraction of sp³-hybridized carbons (Fsp3) is 0.724. The number of nitrogens with one attached hydrogen (secondary N) is 1. The number of terminal acetylenes is 1. The fourth-order valence-electron chi connectivity index (χ4n) is 5.09. The summed E-state index contributed by atoms with van der Waals surface area (Å²) in [6.45, 7) is 9.28. The minimum Gasteiger partial charge on any atom is -0.476 e. The van der Waals surface area contributed by atoms with Crippen LogP contribution in [-0.2, 0) is 9.59 Å². The number of hydrogen-bond donors (Lipinski definition) is 3. The second-order valence-electron chi connectivity index (χ2n) is 11.0. The predicted molar refractivity (Wildman–Crippen MR) is 153 cm³/mol. The van der Waals surface area contributed by atoms with Crippen molar-refractivity contribution in [2.24, 2.45) is 11.8 Å². The first-order valence-corrected chi connectivity index (χ1v) is 15.0. The summed E-state index contributed by atoms with van der Waals surface area (Å²) in [5.41, 5.74) is -0.107. The van der Waals surface area contributed by atoms with Crippen LogP contribution in [0.4, 0.5) is 0 Å². The molecule has 218 valence electrons. The largest absolute Gasteiger partial charge is 0.476 e. The van der Waals surface area contributed by atoms with E-state index in [1.54, 1.807) is 4.90 Å². The number of likely N-dealkylation sites (tertiary alicyclic amines) is 1. The zero-order chi connectivity index (χ0) is 29.1.